The molecular formula is C10H15NO2. The van der Waals surface area contributed by atoms with Crippen LogP contribution in [0.2, 0.25) is 0 Å². The first-order valence-electron chi connectivity index (χ1n) is 4.89. The van der Waals surface area contributed by atoms with Crippen molar-refractivity contribution < 1.29 is 9.59 Å². The third-order valence-corrected chi connectivity index (χ3v) is 3.62. The highest BCUT2D eigenvalue weighted by Gasteiger charge is 2.54. The van der Waals surface area contributed by atoms with Gasteiger partial charge in [0.2, 0.25) is 5.91 Å². The van der Waals surface area contributed by atoms with Crippen LogP contribution in [0.25, 0.3) is 0 Å². The van der Waals surface area contributed by atoms with Gasteiger partial charge >= 0.3 is 0 Å². The fraction of sp³-hybridized carbons (Fsp3) is 0.800. The molecule has 1 atom stereocenters. The van der Waals surface area contributed by atoms with E-state index in [4.69, 9.17) is 0 Å². The zero-order valence-electron chi connectivity index (χ0n) is 7.95. The average Bonchev–Trinajstić information content (AvgIpc) is 2.80. The monoisotopic (exact) mass is 181 g/mol. The molecule has 1 amide bonds. The van der Waals surface area contributed by atoms with E-state index < -0.39 is 0 Å². The van der Waals surface area contributed by atoms with Gasteiger partial charge in [-0.1, -0.05) is 0 Å². The molecule has 0 aromatic heterocycles. The Bertz CT molecular complexity index is 241. The Labute approximate surface area is 78.1 Å². The summed E-state index contributed by atoms with van der Waals surface area (Å²) in [5, 5.41) is 0. The summed E-state index contributed by atoms with van der Waals surface area (Å²) in [7, 11) is 0. The lowest BCUT2D eigenvalue weighted by atomic mass is 9.91. The highest BCUT2D eigenvalue weighted by atomic mass is 16.2. The number of hydrogen-bond acceptors (Lipinski definition) is 2. The van der Waals surface area contributed by atoms with Crippen molar-refractivity contribution in [2.75, 3.05) is 13.1 Å². The molecule has 1 spiro atoms. The van der Waals surface area contributed by atoms with Gasteiger partial charge in [0.05, 0.1) is 0 Å². The Kier molecular flexibility index (Phi) is 1.90. The highest BCUT2D eigenvalue weighted by molar-refractivity contribution is 5.73. The molecule has 0 N–H and O–H groups in total. The maximum absolute atomic E-state index is 11.0. The van der Waals surface area contributed by atoms with Crippen LogP contribution in [0.1, 0.15) is 26.2 Å². The van der Waals surface area contributed by atoms with E-state index in [0.29, 0.717) is 11.3 Å². The lowest BCUT2D eigenvalue weighted by molar-refractivity contribution is -0.130. The summed E-state index contributed by atoms with van der Waals surface area (Å²) in [6.07, 6.45) is 4.19. The van der Waals surface area contributed by atoms with Gasteiger partial charge in [0.1, 0.15) is 6.29 Å². The van der Waals surface area contributed by atoms with E-state index in [2.05, 4.69) is 0 Å². The number of hydrogen-bond donors (Lipinski definition) is 0. The van der Waals surface area contributed by atoms with Crippen molar-refractivity contribution in [2.24, 2.45) is 11.3 Å². The standard InChI is InChI=1S/C10H15NO2/c1-8(13)11-4-2-10(3-5-11)6-9(10)7-12/h7,9H,2-6H2,1H3. The third kappa shape index (κ3) is 1.36. The molecule has 1 unspecified atom stereocenters. The molecule has 72 valence electrons. The second-order valence-electron chi connectivity index (χ2n) is 4.32. The van der Waals surface area contributed by atoms with Crippen molar-refractivity contribution in [1.29, 1.82) is 0 Å². The van der Waals surface area contributed by atoms with Gasteiger partial charge in [0.15, 0.2) is 0 Å². The van der Waals surface area contributed by atoms with Crippen LogP contribution in [0.15, 0.2) is 0 Å². The maximum atomic E-state index is 11.0. The molecule has 3 nitrogen and oxygen atoms in total. The third-order valence-electron chi connectivity index (χ3n) is 3.62. The summed E-state index contributed by atoms with van der Waals surface area (Å²) in [6, 6.07) is 0. The SMILES string of the molecule is CC(=O)N1CCC2(CC1)CC2C=O. The minimum atomic E-state index is 0.165. The second-order valence-corrected chi connectivity index (χ2v) is 4.32. The number of aldehydes is 1. The van der Waals surface area contributed by atoms with Gasteiger partial charge < -0.3 is 9.69 Å². The van der Waals surface area contributed by atoms with Gasteiger partial charge in [-0.3, -0.25) is 4.79 Å². The molecule has 2 fully saturated rings. The van der Waals surface area contributed by atoms with Gasteiger partial charge in [0, 0.05) is 25.9 Å². The fourth-order valence-electron chi connectivity index (χ4n) is 2.41. The molecule has 1 aliphatic heterocycles. The Morgan fingerprint density at radius 3 is 2.46 bits per heavy atom. The molecule has 0 radical (unpaired) electrons. The summed E-state index contributed by atoms with van der Waals surface area (Å²) in [5.74, 6) is 0.458. The van der Waals surface area contributed by atoms with Gasteiger partial charge in [-0.2, -0.15) is 0 Å². The molecule has 1 heterocycles. The quantitative estimate of drug-likeness (QED) is 0.562. The first kappa shape index (κ1) is 8.73. The van der Waals surface area contributed by atoms with Crippen LogP contribution in [-0.2, 0) is 9.59 Å². The van der Waals surface area contributed by atoms with Crippen LogP contribution in [0, 0.1) is 11.3 Å². The first-order valence-corrected chi connectivity index (χ1v) is 4.89. The van der Waals surface area contributed by atoms with E-state index in [-0.39, 0.29) is 5.91 Å². The van der Waals surface area contributed by atoms with Crippen molar-refractivity contribution in [3.8, 4) is 0 Å². The van der Waals surface area contributed by atoms with Gasteiger partial charge in [-0.05, 0) is 24.7 Å². The summed E-state index contributed by atoms with van der Waals surface area (Å²) in [4.78, 5) is 23.5. The van der Waals surface area contributed by atoms with Crippen LogP contribution in [0.3, 0.4) is 0 Å². The van der Waals surface area contributed by atoms with Crippen molar-refractivity contribution >= 4 is 12.2 Å². The molecule has 3 heteroatoms. The molecule has 0 bridgehead atoms. The number of rotatable bonds is 1. The molecule has 1 aliphatic carbocycles. The normalized spacial score (nSPS) is 30.2. The van der Waals surface area contributed by atoms with Gasteiger partial charge in [-0.25, -0.2) is 0 Å². The van der Waals surface area contributed by atoms with E-state index in [9.17, 15) is 9.59 Å². The number of nitrogens with zero attached hydrogens (tertiary/aromatic N) is 1. The van der Waals surface area contributed by atoms with Crippen LogP contribution >= 0.6 is 0 Å². The molecule has 13 heavy (non-hydrogen) atoms. The lowest BCUT2D eigenvalue weighted by Gasteiger charge is -2.31. The second kappa shape index (κ2) is 2.82. The molecule has 0 aromatic carbocycles. The average molecular weight is 181 g/mol. The van der Waals surface area contributed by atoms with Gasteiger partial charge in [0.25, 0.3) is 0 Å². The van der Waals surface area contributed by atoms with Gasteiger partial charge in [-0.15, -0.1) is 0 Å². The summed E-state index contributed by atoms with van der Waals surface area (Å²) in [5.41, 5.74) is 0.299. The maximum Gasteiger partial charge on any atom is 0.219 e. The Morgan fingerprint density at radius 1 is 1.46 bits per heavy atom. The van der Waals surface area contributed by atoms with E-state index >= 15 is 0 Å². The zero-order valence-corrected chi connectivity index (χ0v) is 7.95. The van der Waals surface area contributed by atoms with Crippen LogP contribution < -0.4 is 0 Å². The minimum Gasteiger partial charge on any atom is -0.343 e. The van der Waals surface area contributed by atoms with Crippen molar-refractivity contribution in [3.63, 3.8) is 0 Å². The fourth-order valence-corrected chi connectivity index (χ4v) is 2.41. The topological polar surface area (TPSA) is 37.4 Å². The van der Waals surface area contributed by atoms with Crippen molar-refractivity contribution in [2.45, 2.75) is 26.2 Å². The van der Waals surface area contributed by atoms with E-state index in [1.165, 1.54) is 0 Å². The first-order chi connectivity index (χ1) is 6.18. The summed E-state index contributed by atoms with van der Waals surface area (Å²) < 4.78 is 0. The lowest BCUT2D eigenvalue weighted by Crippen LogP contribution is -2.38. The number of carbonyl (C=O) groups is 2. The van der Waals surface area contributed by atoms with Crippen LogP contribution in [0.5, 0.6) is 0 Å². The number of piperidine rings is 1. The zero-order chi connectivity index (χ0) is 9.47. The molecule has 1 saturated carbocycles. The highest BCUT2D eigenvalue weighted by Crippen LogP contribution is 2.58. The predicted octanol–water partition coefficient (Wildman–Crippen LogP) is 0.834. The van der Waals surface area contributed by atoms with Crippen LogP contribution in [0.4, 0.5) is 0 Å². The van der Waals surface area contributed by atoms with Crippen molar-refractivity contribution in [1.82, 2.24) is 4.90 Å². The molecular weight excluding hydrogens is 166 g/mol. The largest absolute Gasteiger partial charge is 0.343 e. The summed E-state index contributed by atoms with van der Waals surface area (Å²) in [6.45, 7) is 3.31. The van der Waals surface area contributed by atoms with E-state index in [0.717, 1.165) is 38.6 Å². The molecule has 0 aromatic rings. The number of carbonyl (C=O) groups excluding carboxylic acids is 2. The minimum absolute atomic E-state index is 0.165. The van der Waals surface area contributed by atoms with Crippen molar-refractivity contribution in [3.05, 3.63) is 0 Å². The molecule has 2 aliphatic rings. The Hall–Kier alpha value is -0.860. The number of likely N-dealkylation sites (tertiary alicyclic amines) is 1. The Balaban J connectivity index is 1.91. The van der Waals surface area contributed by atoms with E-state index in [1.54, 1.807) is 6.92 Å². The summed E-state index contributed by atoms with van der Waals surface area (Å²) >= 11 is 0. The molecule has 2 rings (SSSR count). The smallest absolute Gasteiger partial charge is 0.219 e. The van der Waals surface area contributed by atoms with E-state index in [1.807, 2.05) is 4.90 Å². The Morgan fingerprint density at radius 2 is 2.08 bits per heavy atom. The number of amides is 1. The predicted molar refractivity (Wildman–Crippen MR) is 48.1 cm³/mol. The molecule has 1 saturated heterocycles. The van der Waals surface area contributed by atoms with Crippen LogP contribution in [-0.4, -0.2) is 30.2 Å².